The summed E-state index contributed by atoms with van der Waals surface area (Å²) in [6, 6.07) is 0. The molecule has 0 spiro atoms. The van der Waals surface area contributed by atoms with Gasteiger partial charge in [-0.1, -0.05) is 0 Å². The van der Waals surface area contributed by atoms with Gasteiger partial charge in [0, 0.05) is 13.0 Å². The second-order valence-electron chi connectivity index (χ2n) is 5.36. The average molecular weight is 330 g/mol. The lowest BCUT2D eigenvalue weighted by molar-refractivity contribution is -0.174. The summed E-state index contributed by atoms with van der Waals surface area (Å²) in [4.78, 5) is 45.5. The molecule has 0 heterocycles. The van der Waals surface area contributed by atoms with Crippen molar-refractivity contribution in [2.24, 2.45) is 11.8 Å². The number of Topliss-reactive ketones (excluding diaryl/α,β-unsaturated/α-hetero) is 1. The second-order valence-corrected chi connectivity index (χ2v) is 5.36. The van der Waals surface area contributed by atoms with E-state index >= 15 is 0 Å². The summed E-state index contributed by atoms with van der Waals surface area (Å²) in [6.45, 7) is 0.770. The first-order valence-corrected chi connectivity index (χ1v) is 7.41. The summed E-state index contributed by atoms with van der Waals surface area (Å²) in [5.41, 5.74) is 0. The van der Waals surface area contributed by atoms with Gasteiger partial charge in [0.15, 0.2) is 6.79 Å². The normalized spacial score (nSPS) is 20.4. The molecule has 0 amide bonds. The maximum Gasteiger partial charge on any atom is 0.320 e. The van der Waals surface area contributed by atoms with Crippen LogP contribution in [0.2, 0.25) is 0 Å². The van der Waals surface area contributed by atoms with E-state index in [1.807, 2.05) is 0 Å². The number of carbonyl (C=O) groups excluding carboxylic acids is 4. The molecular formula is C15H22O8. The molecule has 1 aliphatic rings. The van der Waals surface area contributed by atoms with Crippen LogP contribution >= 0.6 is 0 Å². The molecule has 0 aromatic heterocycles. The molecule has 8 nitrogen and oxygen atoms in total. The van der Waals surface area contributed by atoms with Crippen molar-refractivity contribution in [1.82, 2.24) is 0 Å². The molecule has 0 aromatic carbocycles. The lowest BCUT2D eigenvalue weighted by atomic mass is 9.80. The molecule has 1 aliphatic carbocycles. The van der Waals surface area contributed by atoms with E-state index in [4.69, 9.17) is 4.74 Å². The third-order valence-corrected chi connectivity index (χ3v) is 3.68. The zero-order chi connectivity index (χ0) is 17.2. The third-order valence-electron chi connectivity index (χ3n) is 3.68. The number of hydrogen-bond donors (Lipinski definition) is 0. The summed E-state index contributed by atoms with van der Waals surface area (Å²) in [6.07, 6.45) is 1.92. The van der Waals surface area contributed by atoms with Crippen molar-refractivity contribution in [2.75, 3.05) is 20.7 Å². The quantitative estimate of drug-likeness (QED) is 0.368. The summed E-state index contributed by atoms with van der Waals surface area (Å²) in [5, 5.41) is 0. The van der Waals surface area contributed by atoms with Gasteiger partial charge in [0.1, 0.15) is 12.2 Å². The molecule has 0 atom stereocenters. The van der Waals surface area contributed by atoms with Gasteiger partial charge in [0.2, 0.25) is 6.79 Å². The van der Waals surface area contributed by atoms with Crippen molar-refractivity contribution < 1.29 is 38.1 Å². The van der Waals surface area contributed by atoms with E-state index in [9.17, 15) is 19.2 Å². The maximum absolute atomic E-state index is 11.8. The van der Waals surface area contributed by atoms with Crippen LogP contribution in [0.1, 0.15) is 39.0 Å². The van der Waals surface area contributed by atoms with Crippen molar-refractivity contribution in [3.8, 4) is 0 Å². The largest absolute Gasteiger partial charge is 0.438 e. The molecule has 0 aliphatic heterocycles. The minimum atomic E-state index is -0.848. The number of carbonyl (C=O) groups is 4. The molecule has 0 N–H and O–H groups in total. The molecule has 1 saturated carbocycles. The second kappa shape index (κ2) is 9.94. The predicted molar refractivity (Wildman–Crippen MR) is 75.8 cm³/mol. The zero-order valence-corrected chi connectivity index (χ0v) is 13.4. The maximum atomic E-state index is 11.8. The highest BCUT2D eigenvalue weighted by molar-refractivity contribution is 5.91. The highest BCUT2D eigenvalue weighted by Gasteiger charge is 2.29. The number of ketones is 1. The van der Waals surface area contributed by atoms with Gasteiger partial charge in [-0.2, -0.15) is 0 Å². The van der Waals surface area contributed by atoms with Crippen LogP contribution in [0.5, 0.6) is 0 Å². The smallest absolute Gasteiger partial charge is 0.320 e. The van der Waals surface area contributed by atoms with E-state index in [1.54, 1.807) is 6.92 Å². The Hall–Kier alpha value is -1.96. The van der Waals surface area contributed by atoms with Gasteiger partial charge in [-0.25, -0.2) is 0 Å². The molecule has 1 fully saturated rings. The number of methoxy groups -OCH3 is 1. The molecule has 0 unspecified atom stereocenters. The molecule has 130 valence electrons. The van der Waals surface area contributed by atoms with E-state index in [2.05, 4.69) is 14.2 Å². The fourth-order valence-corrected chi connectivity index (χ4v) is 2.35. The van der Waals surface area contributed by atoms with Crippen LogP contribution in [0.15, 0.2) is 0 Å². The lowest BCUT2D eigenvalue weighted by Crippen LogP contribution is -2.27. The van der Waals surface area contributed by atoms with Gasteiger partial charge in [-0.05, 0) is 32.6 Å². The van der Waals surface area contributed by atoms with Crippen molar-refractivity contribution in [1.29, 1.82) is 0 Å². The molecule has 1 rings (SSSR count). The fraction of sp³-hybridized carbons (Fsp3) is 0.733. The average Bonchev–Trinajstić information content (AvgIpc) is 2.52. The Morgan fingerprint density at radius 1 is 0.826 bits per heavy atom. The van der Waals surface area contributed by atoms with E-state index in [1.165, 1.54) is 7.11 Å². The molecule has 0 bridgehead atoms. The Labute approximate surface area is 134 Å². The molecule has 23 heavy (non-hydrogen) atoms. The van der Waals surface area contributed by atoms with Crippen LogP contribution in [-0.4, -0.2) is 44.4 Å². The molecule has 0 aromatic rings. The van der Waals surface area contributed by atoms with Gasteiger partial charge in [0.25, 0.3) is 0 Å². The topological polar surface area (TPSA) is 105 Å². The van der Waals surface area contributed by atoms with E-state index in [0.717, 1.165) is 0 Å². The Morgan fingerprint density at radius 2 is 1.35 bits per heavy atom. The summed E-state index contributed by atoms with van der Waals surface area (Å²) in [7, 11) is 1.34. The first-order valence-electron chi connectivity index (χ1n) is 7.41. The van der Waals surface area contributed by atoms with Crippen molar-refractivity contribution in [3.63, 3.8) is 0 Å². The Morgan fingerprint density at radius 3 is 1.87 bits per heavy atom. The standard InChI is InChI=1S/C15H22O8/c1-10(16)11-3-5-12(6-4-11)15(19)23-9-22-14(18)7-13(17)21-8-20-2/h11-12H,3-9H2,1-2H3. The van der Waals surface area contributed by atoms with Crippen molar-refractivity contribution >= 4 is 23.7 Å². The zero-order valence-electron chi connectivity index (χ0n) is 13.4. The lowest BCUT2D eigenvalue weighted by Gasteiger charge is -2.25. The molecule has 0 radical (unpaired) electrons. The van der Waals surface area contributed by atoms with Crippen LogP contribution in [-0.2, 0) is 38.1 Å². The van der Waals surface area contributed by atoms with Gasteiger partial charge in [-0.15, -0.1) is 0 Å². The molecule has 0 saturated heterocycles. The van der Waals surface area contributed by atoms with Crippen LogP contribution in [0.3, 0.4) is 0 Å². The predicted octanol–water partition coefficient (Wildman–Crippen LogP) is 0.963. The minimum Gasteiger partial charge on any atom is -0.438 e. The summed E-state index contributed by atoms with van der Waals surface area (Å²) >= 11 is 0. The Balaban J connectivity index is 2.18. The van der Waals surface area contributed by atoms with Crippen molar-refractivity contribution in [2.45, 2.75) is 39.0 Å². The first kappa shape index (κ1) is 19.1. The van der Waals surface area contributed by atoms with Gasteiger partial charge < -0.3 is 18.9 Å². The molecule has 8 heteroatoms. The monoisotopic (exact) mass is 330 g/mol. The SMILES string of the molecule is COCOC(=O)CC(=O)OCOC(=O)C1CCC(C(C)=O)CC1. The van der Waals surface area contributed by atoms with Crippen LogP contribution in [0, 0.1) is 11.8 Å². The first-order chi connectivity index (χ1) is 10.9. The van der Waals surface area contributed by atoms with Crippen LogP contribution < -0.4 is 0 Å². The van der Waals surface area contributed by atoms with Gasteiger partial charge in [-0.3, -0.25) is 19.2 Å². The number of esters is 3. The van der Waals surface area contributed by atoms with Gasteiger partial charge in [0.05, 0.1) is 5.92 Å². The highest BCUT2D eigenvalue weighted by Crippen LogP contribution is 2.30. The highest BCUT2D eigenvalue weighted by atomic mass is 16.7. The van der Waals surface area contributed by atoms with E-state index in [-0.39, 0.29) is 24.4 Å². The van der Waals surface area contributed by atoms with Gasteiger partial charge >= 0.3 is 17.9 Å². The van der Waals surface area contributed by atoms with Crippen molar-refractivity contribution in [3.05, 3.63) is 0 Å². The Bertz CT molecular complexity index is 437. The minimum absolute atomic E-state index is 0.0231. The number of rotatable bonds is 8. The number of ether oxygens (including phenoxy) is 4. The molecular weight excluding hydrogens is 308 g/mol. The van der Waals surface area contributed by atoms with E-state index < -0.39 is 31.1 Å². The summed E-state index contributed by atoms with van der Waals surface area (Å²) < 4.78 is 18.5. The van der Waals surface area contributed by atoms with Crippen LogP contribution in [0.25, 0.3) is 0 Å². The van der Waals surface area contributed by atoms with Crippen LogP contribution in [0.4, 0.5) is 0 Å². The summed E-state index contributed by atoms with van der Waals surface area (Å²) in [5.74, 6) is -2.20. The third kappa shape index (κ3) is 7.23. The fourth-order valence-electron chi connectivity index (χ4n) is 2.35. The Kier molecular flexibility index (Phi) is 8.25. The van der Waals surface area contributed by atoms with E-state index in [0.29, 0.717) is 25.7 Å². The number of hydrogen-bond acceptors (Lipinski definition) is 8.